The van der Waals surface area contributed by atoms with Gasteiger partial charge in [-0.2, -0.15) is 0 Å². The van der Waals surface area contributed by atoms with E-state index in [9.17, 15) is 4.79 Å². The maximum absolute atomic E-state index is 12.4. The Balaban J connectivity index is 1.59. The Morgan fingerprint density at radius 2 is 1.83 bits per heavy atom. The van der Waals surface area contributed by atoms with Gasteiger partial charge in [0.25, 0.3) is 5.91 Å². The van der Waals surface area contributed by atoms with Crippen LogP contribution in [-0.4, -0.2) is 24.1 Å². The topological polar surface area (TPSA) is 60.5 Å². The van der Waals surface area contributed by atoms with Gasteiger partial charge in [-0.25, -0.2) is 0 Å². The van der Waals surface area contributed by atoms with E-state index in [2.05, 4.69) is 10.3 Å². The fraction of sp³-hybridized carbons (Fsp3) is 0.111. The number of ether oxygens (including phenoxy) is 2. The van der Waals surface area contributed by atoms with Gasteiger partial charge in [0.05, 0.1) is 0 Å². The lowest BCUT2D eigenvalue weighted by Crippen LogP contribution is -2.16. The van der Waals surface area contributed by atoms with Crippen molar-refractivity contribution in [3.05, 3.63) is 60.4 Å². The minimum atomic E-state index is -0.174. The van der Waals surface area contributed by atoms with Crippen molar-refractivity contribution >= 4 is 22.4 Å². The summed E-state index contributed by atoms with van der Waals surface area (Å²) in [7, 11) is 0. The van der Waals surface area contributed by atoms with Gasteiger partial charge in [-0.05, 0) is 35.7 Å². The van der Waals surface area contributed by atoms with Crippen molar-refractivity contribution < 1.29 is 14.3 Å². The molecule has 114 valence electrons. The summed E-state index contributed by atoms with van der Waals surface area (Å²) in [4.78, 5) is 16.5. The van der Waals surface area contributed by atoms with Gasteiger partial charge in [-0.3, -0.25) is 9.78 Å². The highest BCUT2D eigenvalue weighted by Gasteiger charge is 2.13. The Bertz CT molecular complexity index is 892. The fourth-order valence-corrected chi connectivity index (χ4v) is 2.55. The number of hydrogen-bond donors (Lipinski definition) is 1. The quantitative estimate of drug-likeness (QED) is 0.789. The number of carbonyl (C=O) groups is 1. The number of anilines is 1. The lowest BCUT2D eigenvalue weighted by atomic mass is 10.1. The molecule has 0 saturated heterocycles. The number of aromatic nitrogens is 1. The van der Waals surface area contributed by atoms with E-state index in [1.54, 1.807) is 36.7 Å². The zero-order valence-electron chi connectivity index (χ0n) is 12.3. The molecule has 0 unspecified atom stereocenters. The van der Waals surface area contributed by atoms with Gasteiger partial charge in [0.1, 0.15) is 13.2 Å². The second-order valence-electron chi connectivity index (χ2n) is 5.25. The number of benzene rings is 2. The van der Waals surface area contributed by atoms with Crippen LogP contribution in [0, 0.1) is 0 Å². The Labute approximate surface area is 132 Å². The van der Waals surface area contributed by atoms with Crippen LogP contribution >= 0.6 is 0 Å². The molecule has 0 atom stereocenters. The van der Waals surface area contributed by atoms with Gasteiger partial charge in [0.2, 0.25) is 0 Å². The van der Waals surface area contributed by atoms with Gasteiger partial charge in [-0.1, -0.05) is 6.07 Å². The first kappa shape index (κ1) is 13.6. The van der Waals surface area contributed by atoms with Gasteiger partial charge < -0.3 is 14.8 Å². The number of nitrogens with one attached hydrogen (secondary N) is 1. The summed E-state index contributed by atoms with van der Waals surface area (Å²) in [6, 6.07) is 12.8. The first-order valence-electron chi connectivity index (χ1n) is 7.34. The number of amides is 1. The summed E-state index contributed by atoms with van der Waals surface area (Å²) < 4.78 is 11.0. The van der Waals surface area contributed by atoms with E-state index in [-0.39, 0.29) is 5.91 Å². The van der Waals surface area contributed by atoms with Gasteiger partial charge in [-0.15, -0.1) is 0 Å². The highest BCUT2D eigenvalue weighted by Crippen LogP contribution is 2.32. The van der Waals surface area contributed by atoms with Crippen LogP contribution in [0.4, 0.5) is 5.69 Å². The van der Waals surface area contributed by atoms with Crippen LogP contribution in [0.25, 0.3) is 10.8 Å². The molecule has 5 nitrogen and oxygen atoms in total. The lowest BCUT2D eigenvalue weighted by molar-refractivity contribution is 0.102. The van der Waals surface area contributed by atoms with Crippen LogP contribution in [0.15, 0.2) is 54.9 Å². The molecular formula is C18H14N2O3. The average Bonchev–Trinajstić information content (AvgIpc) is 2.61. The molecule has 4 rings (SSSR count). The third kappa shape index (κ3) is 2.68. The van der Waals surface area contributed by atoms with Crippen molar-refractivity contribution in [3.63, 3.8) is 0 Å². The normalized spacial score (nSPS) is 12.9. The van der Waals surface area contributed by atoms with Crippen molar-refractivity contribution in [2.75, 3.05) is 18.5 Å². The Morgan fingerprint density at radius 3 is 2.74 bits per heavy atom. The SMILES string of the molecule is O=C(Nc1ccc2c(c1)OCCO2)c1ccc2ccncc2c1. The zero-order valence-corrected chi connectivity index (χ0v) is 12.3. The maximum atomic E-state index is 12.4. The monoisotopic (exact) mass is 306 g/mol. The molecule has 0 fully saturated rings. The van der Waals surface area contributed by atoms with E-state index in [4.69, 9.17) is 9.47 Å². The minimum absolute atomic E-state index is 0.174. The molecule has 3 aromatic rings. The van der Waals surface area contributed by atoms with E-state index >= 15 is 0 Å². The van der Waals surface area contributed by atoms with Crippen molar-refractivity contribution in [1.29, 1.82) is 0 Å². The molecule has 0 saturated carbocycles. The summed E-state index contributed by atoms with van der Waals surface area (Å²) >= 11 is 0. The van der Waals surface area contributed by atoms with Crippen molar-refractivity contribution in [3.8, 4) is 11.5 Å². The molecule has 1 aliphatic heterocycles. The molecule has 23 heavy (non-hydrogen) atoms. The van der Waals surface area contributed by atoms with Crippen molar-refractivity contribution in [2.24, 2.45) is 0 Å². The number of fused-ring (bicyclic) bond motifs is 2. The largest absolute Gasteiger partial charge is 0.486 e. The minimum Gasteiger partial charge on any atom is -0.486 e. The zero-order chi connectivity index (χ0) is 15.6. The number of pyridine rings is 1. The molecular weight excluding hydrogens is 292 g/mol. The van der Waals surface area contributed by atoms with E-state index in [0.717, 1.165) is 10.8 Å². The van der Waals surface area contributed by atoms with E-state index < -0.39 is 0 Å². The van der Waals surface area contributed by atoms with Crippen molar-refractivity contribution in [1.82, 2.24) is 4.98 Å². The summed E-state index contributed by atoms with van der Waals surface area (Å²) in [6.07, 6.45) is 3.48. The maximum Gasteiger partial charge on any atom is 0.255 e. The molecule has 1 aliphatic rings. The molecule has 1 N–H and O–H groups in total. The number of rotatable bonds is 2. The summed E-state index contributed by atoms with van der Waals surface area (Å²) in [5, 5.41) is 4.86. The van der Waals surface area contributed by atoms with Crippen LogP contribution < -0.4 is 14.8 Å². The predicted molar refractivity (Wildman–Crippen MR) is 87.1 cm³/mol. The van der Waals surface area contributed by atoms with Crippen LogP contribution in [0.2, 0.25) is 0 Å². The highest BCUT2D eigenvalue weighted by atomic mass is 16.6. The lowest BCUT2D eigenvalue weighted by Gasteiger charge is -2.19. The van der Waals surface area contributed by atoms with Crippen LogP contribution in [0.3, 0.4) is 0 Å². The molecule has 0 aliphatic carbocycles. The second-order valence-corrected chi connectivity index (χ2v) is 5.25. The van der Waals surface area contributed by atoms with Gasteiger partial charge in [0, 0.05) is 35.1 Å². The summed E-state index contributed by atoms with van der Waals surface area (Å²) in [5.41, 5.74) is 1.26. The second kappa shape index (κ2) is 5.61. The number of hydrogen-bond acceptors (Lipinski definition) is 4. The molecule has 1 amide bonds. The molecule has 5 heteroatoms. The average molecular weight is 306 g/mol. The van der Waals surface area contributed by atoms with Gasteiger partial charge in [0.15, 0.2) is 11.5 Å². The molecule has 0 bridgehead atoms. The molecule has 0 spiro atoms. The third-order valence-corrected chi connectivity index (χ3v) is 3.70. The first-order chi connectivity index (χ1) is 11.3. The first-order valence-corrected chi connectivity index (χ1v) is 7.34. The van der Waals surface area contributed by atoms with E-state index in [0.29, 0.717) is 36.0 Å². The Hall–Kier alpha value is -3.08. The summed E-state index contributed by atoms with van der Waals surface area (Å²) in [6.45, 7) is 1.06. The van der Waals surface area contributed by atoms with Crippen LogP contribution in [-0.2, 0) is 0 Å². The van der Waals surface area contributed by atoms with Crippen molar-refractivity contribution in [2.45, 2.75) is 0 Å². The van der Waals surface area contributed by atoms with E-state index in [1.807, 2.05) is 18.2 Å². The van der Waals surface area contributed by atoms with Gasteiger partial charge >= 0.3 is 0 Å². The third-order valence-electron chi connectivity index (χ3n) is 3.70. The smallest absolute Gasteiger partial charge is 0.255 e. The number of nitrogens with zero attached hydrogens (tertiary/aromatic N) is 1. The predicted octanol–water partition coefficient (Wildman–Crippen LogP) is 3.26. The molecule has 2 heterocycles. The van der Waals surface area contributed by atoms with E-state index in [1.165, 1.54) is 0 Å². The number of carbonyl (C=O) groups excluding carboxylic acids is 1. The summed E-state index contributed by atoms with van der Waals surface area (Å²) in [5.74, 6) is 1.18. The van der Waals surface area contributed by atoms with Crippen LogP contribution in [0.1, 0.15) is 10.4 Å². The standard InChI is InChI=1S/C18H14N2O3/c21-18(13-2-1-12-5-6-19-11-14(12)9-13)20-15-3-4-16-17(10-15)23-8-7-22-16/h1-6,9-11H,7-8H2,(H,20,21). The Kier molecular flexibility index (Phi) is 3.31. The highest BCUT2D eigenvalue weighted by molar-refractivity contribution is 6.06. The van der Waals surface area contributed by atoms with Crippen LogP contribution in [0.5, 0.6) is 11.5 Å². The molecule has 0 radical (unpaired) electrons. The molecule has 2 aromatic carbocycles. The molecule has 1 aromatic heterocycles. The Morgan fingerprint density at radius 1 is 0.957 bits per heavy atom. The fourth-order valence-electron chi connectivity index (χ4n) is 2.55.